The van der Waals surface area contributed by atoms with E-state index in [1.54, 1.807) is 42.5 Å². The van der Waals surface area contributed by atoms with E-state index in [1.807, 2.05) is 43.3 Å². The Morgan fingerprint density at radius 1 is 1.06 bits per heavy atom. The molecule has 7 heteroatoms. The van der Waals surface area contributed by atoms with Crippen molar-refractivity contribution in [3.05, 3.63) is 89.0 Å². The number of ether oxygens (including phenoxy) is 1. The second-order valence-corrected chi connectivity index (χ2v) is 8.22. The average molecular weight is 429 g/mol. The Morgan fingerprint density at radius 2 is 1.81 bits per heavy atom. The number of rotatable bonds is 4. The number of carbonyl (C=O) groups excluding carboxylic acids is 2. The normalized spacial score (nSPS) is 19.2. The Bertz CT molecular complexity index is 1220. The zero-order valence-electron chi connectivity index (χ0n) is 17.8. The standard InChI is InChI=1S/C25H23N3O4/c1-27(2)18-10-7-16(8-11-18)14-28-24(30)19-5-3-4-6-20(19)25(28,31)17-9-12-22-21(13-17)26-23(29)15-32-22/h3-13,31H,14-15H2,1-2H3,(H,26,29). The number of fused-ring (bicyclic) bond motifs is 2. The van der Waals surface area contributed by atoms with Crippen LogP contribution < -0.4 is 15.0 Å². The Hall–Kier alpha value is -3.84. The van der Waals surface area contributed by atoms with E-state index in [-0.39, 0.29) is 25.0 Å². The second-order valence-electron chi connectivity index (χ2n) is 8.22. The molecule has 3 aromatic rings. The number of nitrogens with zero attached hydrogens (tertiary/aromatic N) is 2. The van der Waals surface area contributed by atoms with Gasteiger partial charge in [-0.2, -0.15) is 0 Å². The summed E-state index contributed by atoms with van der Waals surface area (Å²) in [4.78, 5) is 28.6. The first-order chi connectivity index (χ1) is 15.4. The molecule has 0 aromatic heterocycles. The zero-order chi connectivity index (χ0) is 22.5. The molecule has 0 fully saturated rings. The van der Waals surface area contributed by atoms with Gasteiger partial charge in [0.05, 0.1) is 5.69 Å². The summed E-state index contributed by atoms with van der Waals surface area (Å²) in [5.41, 5.74) is 2.17. The van der Waals surface area contributed by atoms with E-state index < -0.39 is 5.72 Å². The molecule has 0 spiro atoms. The lowest BCUT2D eigenvalue weighted by Gasteiger charge is -2.35. The summed E-state index contributed by atoms with van der Waals surface area (Å²) in [7, 11) is 3.93. The summed E-state index contributed by atoms with van der Waals surface area (Å²) in [5, 5.41) is 14.8. The van der Waals surface area contributed by atoms with E-state index >= 15 is 0 Å². The summed E-state index contributed by atoms with van der Waals surface area (Å²) in [6.07, 6.45) is 0. The number of amides is 2. The van der Waals surface area contributed by atoms with Crippen LogP contribution in [0.3, 0.4) is 0 Å². The van der Waals surface area contributed by atoms with Crippen LogP contribution in [0.15, 0.2) is 66.7 Å². The first-order valence-corrected chi connectivity index (χ1v) is 10.3. The molecule has 0 saturated carbocycles. The molecule has 0 radical (unpaired) electrons. The maximum Gasteiger partial charge on any atom is 0.262 e. The lowest BCUT2D eigenvalue weighted by molar-refractivity contribution is -0.118. The van der Waals surface area contributed by atoms with Crippen molar-refractivity contribution >= 4 is 23.2 Å². The molecule has 5 rings (SSSR count). The maximum atomic E-state index is 13.4. The van der Waals surface area contributed by atoms with Crippen molar-refractivity contribution in [1.82, 2.24) is 4.90 Å². The van der Waals surface area contributed by atoms with Crippen molar-refractivity contribution in [1.29, 1.82) is 0 Å². The average Bonchev–Trinajstić information content (AvgIpc) is 3.02. The summed E-state index contributed by atoms with van der Waals surface area (Å²) >= 11 is 0. The molecule has 2 amide bonds. The third-order valence-corrected chi connectivity index (χ3v) is 5.98. The van der Waals surface area contributed by atoms with E-state index in [9.17, 15) is 14.7 Å². The van der Waals surface area contributed by atoms with Crippen LogP contribution in [-0.2, 0) is 17.1 Å². The molecule has 3 aromatic carbocycles. The van der Waals surface area contributed by atoms with Crippen molar-refractivity contribution in [3.63, 3.8) is 0 Å². The van der Waals surface area contributed by atoms with Gasteiger partial charge in [0, 0.05) is 43.0 Å². The number of carbonyl (C=O) groups is 2. The first-order valence-electron chi connectivity index (χ1n) is 10.3. The smallest absolute Gasteiger partial charge is 0.262 e. The Kier molecular flexibility index (Phi) is 4.64. The van der Waals surface area contributed by atoms with Crippen LogP contribution in [0.5, 0.6) is 5.75 Å². The fourth-order valence-electron chi connectivity index (χ4n) is 4.29. The number of hydrogen-bond donors (Lipinski definition) is 2. The van der Waals surface area contributed by atoms with Crippen LogP contribution in [-0.4, -0.2) is 42.5 Å². The molecule has 2 aliphatic rings. The molecule has 32 heavy (non-hydrogen) atoms. The molecule has 0 saturated heterocycles. The number of nitrogens with one attached hydrogen (secondary N) is 1. The zero-order valence-corrected chi connectivity index (χ0v) is 17.8. The van der Waals surface area contributed by atoms with Crippen molar-refractivity contribution in [2.75, 3.05) is 30.9 Å². The minimum atomic E-state index is -1.69. The van der Waals surface area contributed by atoms with Gasteiger partial charge in [0.15, 0.2) is 12.3 Å². The topological polar surface area (TPSA) is 82.1 Å². The number of anilines is 2. The number of benzene rings is 3. The van der Waals surface area contributed by atoms with Crippen molar-refractivity contribution in [2.24, 2.45) is 0 Å². The van der Waals surface area contributed by atoms with Crippen LogP contribution in [0, 0.1) is 0 Å². The third kappa shape index (κ3) is 3.09. The molecule has 0 aliphatic carbocycles. The minimum Gasteiger partial charge on any atom is -0.482 e. The highest BCUT2D eigenvalue weighted by Crippen LogP contribution is 2.45. The van der Waals surface area contributed by atoms with Gasteiger partial charge < -0.3 is 20.1 Å². The lowest BCUT2D eigenvalue weighted by atomic mass is 9.93. The van der Waals surface area contributed by atoms with Crippen LogP contribution in [0.2, 0.25) is 0 Å². The molecular formula is C25H23N3O4. The van der Waals surface area contributed by atoms with Gasteiger partial charge >= 0.3 is 0 Å². The molecule has 1 unspecified atom stereocenters. The van der Waals surface area contributed by atoms with Gasteiger partial charge in [0.1, 0.15) is 5.75 Å². The summed E-state index contributed by atoms with van der Waals surface area (Å²) < 4.78 is 5.45. The van der Waals surface area contributed by atoms with Gasteiger partial charge in [-0.1, -0.05) is 36.4 Å². The van der Waals surface area contributed by atoms with Gasteiger partial charge in [0.25, 0.3) is 11.8 Å². The molecule has 7 nitrogen and oxygen atoms in total. The molecule has 1 atom stereocenters. The SMILES string of the molecule is CN(C)c1ccc(CN2C(=O)c3ccccc3C2(O)c2ccc3c(c2)NC(=O)CO3)cc1. The van der Waals surface area contributed by atoms with Crippen molar-refractivity contribution in [2.45, 2.75) is 12.3 Å². The van der Waals surface area contributed by atoms with E-state index in [2.05, 4.69) is 5.32 Å². The van der Waals surface area contributed by atoms with E-state index in [0.717, 1.165) is 11.3 Å². The monoisotopic (exact) mass is 429 g/mol. The largest absolute Gasteiger partial charge is 0.482 e. The molecular weight excluding hydrogens is 406 g/mol. The first kappa shape index (κ1) is 20.1. The van der Waals surface area contributed by atoms with Crippen molar-refractivity contribution < 1.29 is 19.4 Å². The lowest BCUT2D eigenvalue weighted by Crippen LogP contribution is -2.44. The van der Waals surface area contributed by atoms with Gasteiger partial charge in [-0.15, -0.1) is 0 Å². The molecule has 2 heterocycles. The minimum absolute atomic E-state index is 0.0486. The summed E-state index contributed by atoms with van der Waals surface area (Å²) in [6.45, 7) is 0.171. The fourth-order valence-corrected chi connectivity index (χ4v) is 4.29. The van der Waals surface area contributed by atoms with Crippen LogP contribution in [0.4, 0.5) is 11.4 Å². The predicted octanol–water partition coefficient (Wildman–Crippen LogP) is 2.93. The Morgan fingerprint density at radius 3 is 2.56 bits per heavy atom. The van der Waals surface area contributed by atoms with E-state index in [1.165, 1.54) is 4.90 Å². The van der Waals surface area contributed by atoms with Gasteiger partial charge in [-0.05, 0) is 35.9 Å². The fraction of sp³-hybridized carbons (Fsp3) is 0.200. The number of hydrogen-bond acceptors (Lipinski definition) is 5. The number of aliphatic hydroxyl groups is 1. The van der Waals surface area contributed by atoms with E-state index in [0.29, 0.717) is 28.1 Å². The maximum absolute atomic E-state index is 13.4. The van der Waals surface area contributed by atoms with Crippen LogP contribution in [0.1, 0.15) is 27.0 Å². The Balaban J connectivity index is 1.59. The van der Waals surface area contributed by atoms with Gasteiger partial charge in [-0.25, -0.2) is 0 Å². The molecule has 2 N–H and O–H groups in total. The molecule has 2 aliphatic heterocycles. The highest BCUT2D eigenvalue weighted by molar-refractivity contribution is 6.00. The van der Waals surface area contributed by atoms with Crippen LogP contribution in [0.25, 0.3) is 0 Å². The second kappa shape index (κ2) is 7.39. The van der Waals surface area contributed by atoms with E-state index in [4.69, 9.17) is 4.74 Å². The van der Waals surface area contributed by atoms with Crippen molar-refractivity contribution in [3.8, 4) is 5.75 Å². The third-order valence-electron chi connectivity index (χ3n) is 5.98. The quantitative estimate of drug-likeness (QED) is 0.667. The van der Waals surface area contributed by atoms with Gasteiger partial charge in [-0.3, -0.25) is 14.5 Å². The predicted molar refractivity (Wildman–Crippen MR) is 121 cm³/mol. The Labute approximate surface area is 185 Å². The van der Waals surface area contributed by atoms with Crippen LogP contribution >= 0.6 is 0 Å². The van der Waals surface area contributed by atoms with Gasteiger partial charge in [0.2, 0.25) is 0 Å². The highest BCUT2D eigenvalue weighted by atomic mass is 16.5. The highest BCUT2D eigenvalue weighted by Gasteiger charge is 2.50. The summed E-state index contributed by atoms with van der Waals surface area (Å²) in [5.74, 6) is 0.0144. The molecule has 0 bridgehead atoms. The molecule has 162 valence electrons. The summed E-state index contributed by atoms with van der Waals surface area (Å²) in [6, 6.07) is 20.0.